The molecule has 1 saturated heterocycles. The van der Waals surface area contributed by atoms with Crippen LogP contribution in [-0.2, 0) is 4.79 Å². The van der Waals surface area contributed by atoms with E-state index >= 15 is 0 Å². The van der Waals surface area contributed by atoms with Crippen molar-refractivity contribution in [1.82, 2.24) is 20.9 Å². The zero-order chi connectivity index (χ0) is 17.2. The Morgan fingerprint density at radius 3 is 2.29 bits per heavy atom. The van der Waals surface area contributed by atoms with E-state index in [-0.39, 0.29) is 48.4 Å². The van der Waals surface area contributed by atoms with E-state index < -0.39 is 6.43 Å². The molecule has 6 nitrogen and oxygen atoms in total. The Balaban J connectivity index is 0.00000529. The first-order valence-electron chi connectivity index (χ1n) is 8.17. The van der Waals surface area contributed by atoms with Gasteiger partial charge >= 0.3 is 0 Å². The summed E-state index contributed by atoms with van der Waals surface area (Å²) in [7, 11) is 1.69. The Kier molecular flexibility index (Phi) is 12.3. The number of nitrogens with zero attached hydrogens (tertiary/aromatic N) is 2. The monoisotopic (exact) mass is 461 g/mol. The van der Waals surface area contributed by atoms with Crippen LogP contribution >= 0.6 is 24.0 Å². The molecule has 0 unspecified atom stereocenters. The molecule has 142 valence electrons. The number of likely N-dealkylation sites (tertiary alicyclic amines) is 1. The number of amides is 1. The summed E-state index contributed by atoms with van der Waals surface area (Å²) in [5, 5.41) is 9.27. The molecule has 0 spiro atoms. The van der Waals surface area contributed by atoms with Crippen LogP contribution in [0.4, 0.5) is 8.78 Å². The number of alkyl halides is 2. The SMILES string of the molecule is CN=C(NCCNC(=O)C(C)C)NC1CCN(CC(F)F)CC1.I. The van der Waals surface area contributed by atoms with Crippen molar-refractivity contribution >= 4 is 35.8 Å². The molecule has 24 heavy (non-hydrogen) atoms. The molecule has 9 heteroatoms. The van der Waals surface area contributed by atoms with Gasteiger partial charge in [0.15, 0.2) is 5.96 Å². The zero-order valence-electron chi connectivity index (χ0n) is 14.6. The van der Waals surface area contributed by atoms with Crippen molar-refractivity contribution in [1.29, 1.82) is 0 Å². The zero-order valence-corrected chi connectivity index (χ0v) is 17.0. The first kappa shape index (κ1) is 23.3. The normalized spacial score (nSPS) is 16.9. The third-order valence-corrected chi connectivity index (χ3v) is 3.79. The molecule has 1 heterocycles. The Labute approximate surface area is 160 Å². The molecule has 1 aliphatic rings. The molecular formula is C15H30F2IN5O. The molecule has 0 atom stereocenters. The number of nitrogens with one attached hydrogen (secondary N) is 3. The second-order valence-corrected chi connectivity index (χ2v) is 6.06. The van der Waals surface area contributed by atoms with Crippen LogP contribution in [0, 0.1) is 5.92 Å². The summed E-state index contributed by atoms with van der Waals surface area (Å²) in [5.41, 5.74) is 0. The maximum atomic E-state index is 12.3. The van der Waals surface area contributed by atoms with Crippen molar-refractivity contribution in [3.05, 3.63) is 0 Å². The third-order valence-electron chi connectivity index (χ3n) is 3.79. The number of halogens is 3. The highest BCUT2D eigenvalue weighted by Crippen LogP contribution is 2.11. The lowest BCUT2D eigenvalue weighted by molar-refractivity contribution is -0.123. The Morgan fingerprint density at radius 1 is 1.21 bits per heavy atom. The minimum atomic E-state index is -2.27. The van der Waals surface area contributed by atoms with Crippen LogP contribution in [0.1, 0.15) is 26.7 Å². The number of rotatable bonds is 7. The van der Waals surface area contributed by atoms with Crippen LogP contribution in [0.5, 0.6) is 0 Å². The van der Waals surface area contributed by atoms with Crippen molar-refractivity contribution in [2.75, 3.05) is 39.8 Å². The maximum Gasteiger partial charge on any atom is 0.251 e. The van der Waals surface area contributed by atoms with Gasteiger partial charge < -0.3 is 16.0 Å². The molecule has 0 bridgehead atoms. The Hall–Kier alpha value is -0.710. The second-order valence-electron chi connectivity index (χ2n) is 6.06. The quantitative estimate of drug-likeness (QED) is 0.231. The number of carbonyl (C=O) groups is 1. The average Bonchev–Trinajstić information content (AvgIpc) is 2.51. The van der Waals surface area contributed by atoms with Crippen LogP contribution in [0.15, 0.2) is 4.99 Å². The van der Waals surface area contributed by atoms with Crippen LogP contribution < -0.4 is 16.0 Å². The van der Waals surface area contributed by atoms with Crippen molar-refractivity contribution in [3.8, 4) is 0 Å². The summed E-state index contributed by atoms with van der Waals surface area (Å²) in [5.74, 6) is 0.683. The van der Waals surface area contributed by atoms with Crippen LogP contribution in [0.2, 0.25) is 0 Å². The third kappa shape index (κ3) is 9.55. The minimum absolute atomic E-state index is 0. The fourth-order valence-electron chi connectivity index (χ4n) is 2.41. The molecule has 0 aliphatic carbocycles. The average molecular weight is 461 g/mol. The number of guanidine groups is 1. The van der Waals surface area contributed by atoms with Gasteiger partial charge in [-0.3, -0.25) is 14.7 Å². The van der Waals surface area contributed by atoms with E-state index in [1.165, 1.54) is 0 Å². The van der Waals surface area contributed by atoms with Gasteiger partial charge in [-0.1, -0.05) is 13.8 Å². The lowest BCUT2D eigenvalue weighted by Gasteiger charge is -2.32. The van der Waals surface area contributed by atoms with Gasteiger partial charge in [-0.05, 0) is 12.8 Å². The first-order chi connectivity index (χ1) is 10.9. The maximum absolute atomic E-state index is 12.3. The van der Waals surface area contributed by atoms with Crippen molar-refractivity contribution < 1.29 is 13.6 Å². The molecule has 1 fully saturated rings. The number of hydrogen-bond acceptors (Lipinski definition) is 3. The predicted octanol–water partition coefficient (Wildman–Crippen LogP) is 1.27. The molecule has 0 aromatic rings. The highest BCUT2D eigenvalue weighted by Gasteiger charge is 2.21. The number of carbonyl (C=O) groups excluding carboxylic acids is 1. The highest BCUT2D eigenvalue weighted by molar-refractivity contribution is 14.0. The van der Waals surface area contributed by atoms with E-state index in [2.05, 4.69) is 20.9 Å². The number of piperidine rings is 1. The van der Waals surface area contributed by atoms with Crippen LogP contribution in [0.3, 0.4) is 0 Å². The smallest absolute Gasteiger partial charge is 0.251 e. The first-order valence-corrected chi connectivity index (χ1v) is 8.17. The highest BCUT2D eigenvalue weighted by atomic mass is 127. The van der Waals surface area contributed by atoms with Crippen LogP contribution in [0.25, 0.3) is 0 Å². The summed E-state index contributed by atoms with van der Waals surface area (Å²) in [6, 6.07) is 0.236. The van der Waals surface area contributed by atoms with E-state index in [0.717, 1.165) is 12.8 Å². The van der Waals surface area contributed by atoms with Crippen molar-refractivity contribution in [2.24, 2.45) is 10.9 Å². The van der Waals surface area contributed by atoms with Gasteiger partial charge in [0.05, 0.1) is 6.54 Å². The fourth-order valence-corrected chi connectivity index (χ4v) is 2.41. The van der Waals surface area contributed by atoms with Gasteiger partial charge in [-0.15, -0.1) is 24.0 Å². The summed E-state index contributed by atoms with van der Waals surface area (Å²) < 4.78 is 24.7. The lowest BCUT2D eigenvalue weighted by Crippen LogP contribution is -2.50. The van der Waals surface area contributed by atoms with Gasteiger partial charge in [-0.25, -0.2) is 8.78 Å². The predicted molar refractivity (Wildman–Crippen MR) is 103 cm³/mol. The van der Waals surface area contributed by atoms with Gasteiger partial charge in [0.1, 0.15) is 0 Å². The minimum Gasteiger partial charge on any atom is -0.355 e. The summed E-state index contributed by atoms with van der Waals surface area (Å²) in [6.45, 7) is 6.02. The second kappa shape index (κ2) is 12.6. The van der Waals surface area contributed by atoms with Crippen molar-refractivity contribution in [2.45, 2.75) is 39.2 Å². The van der Waals surface area contributed by atoms with Crippen LogP contribution in [-0.4, -0.2) is 69.0 Å². The van der Waals surface area contributed by atoms with E-state index in [4.69, 9.17) is 0 Å². The van der Waals surface area contributed by atoms with Gasteiger partial charge in [0.25, 0.3) is 6.43 Å². The molecule has 1 rings (SSSR count). The van der Waals surface area contributed by atoms with E-state index in [0.29, 0.717) is 32.1 Å². The molecule has 1 amide bonds. The summed E-state index contributed by atoms with van der Waals surface area (Å²) in [4.78, 5) is 17.4. The molecule has 0 aromatic carbocycles. The Bertz CT molecular complexity index is 388. The standard InChI is InChI=1S/C15H29F2N5O.HI/c1-11(2)14(23)19-6-7-20-15(18-3)21-12-4-8-22(9-5-12)10-13(16)17;/h11-13H,4-10H2,1-3H3,(H,19,23)(H2,18,20,21);1H. The number of hydrogen-bond donors (Lipinski definition) is 3. The molecule has 0 radical (unpaired) electrons. The fraction of sp³-hybridized carbons (Fsp3) is 0.867. The Morgan fingerprint density at radius 2 is 1.79 bits per heavy atom. The van der Waals surface area contributed by atoms with Gasteiger partial charge in [-0.2, -0.15) is 0 Å². The summed E-state index contributed by atoms with van der Waals surface area (Å²) >= 11 is 0. The molecule has 0 aromatic heterocycles. The molecule has 1 aliphatic heterocycles. The van der Waals surface area contributed by atoms with Crippen molar-refractivity contribution in [3.63, 3.8) is 0 Å². The van der Waals surface area contributed by atoms with E-state index in [9.17, 15) is 13.6 Å². The van der Waals surface area contributed by atoms with E-state index in [1.807, 2.05) is 13.8 Å². The van der Waals surface area contributed by atoms with E-state index in [1.54, 1.807) is 11.9 Å². The molecule has 3 N–H and O–H groups in total. The largest absolute Gasteiger partial charge is 0.355 e. The van der Waals surface area contributed by atoms with Gasteiger partial charge in [0, 0.05) is 45.2 Å². The lowest BCUT2D eigenvalue weighted by atomic mass is 10.1. The summed E-state index contributed by atoms with van der Waals surface area (Å²) in [6.07, 6.45) is -0.635. The molecular weight excluding hydrogens is 431 g/mol. The topological polar surface area (TPSA) is 68.8 Å². The molecule has 0 saturated carbocycles. The number of aliphatic imine (C=N–C) groups is 1. The van der Waals surface area contributed by atoms with Gasteiger partial charge in [0.2, 0.25) is 5.91 Å².